The van der Waals surface area contributed by atoms with E-state index in [2.05, 4.69) is 0 Å². The second-order valence-electron chi connectivity index (χ2n) is 5.68. The number of aliphatic hydroxyl groups excluding tert-OH is 1. The molecular formula is C18H19NO2. The number of amides is 1. The Labute approximate surface area is 124 Å². The van der Waals surface area contributed by atoms with E-state index in [0.29, 0.717) is 12.0 Å². The zero-order valence-corrected chi connectivity index (χ0v) is 12.3. The maximum atomic E-state index is 12.8. The van der Waals surface area contributed by atoms with Crippen LogP contribution in [0.25, 0.3) is 0 Å². The van der Waals surface area contributed by atoms with Gasteiger partial charge in [-0.2, -0.15) is 0 Å². The number of rotatable bonds is 1. The highest BCUT2D eigenvalue weighted by molar-refractivity contribution is 6.07. The molecule has 0 unspecified atom stereocenters. The summed E-state index contributed by atoms with van der Waals surface area (Å²) in [5.41, 5.74) is 3.69. The maximum absolute atomic E-state index is 12.8. The Balaban J connectivity index is 2.03. The maximum Gasteiger partial charge on any atom is 0.258 e. The Morgan fingerprint density at radius 2 is 1.81 bits per heavy atom. The molecule has 1 N–H and O–H groups in total. The van der Waals surface area contributed by atoms with Crippen molar-refractivity contribution in [3.63, 3.8) is 0 Å². The van der Waals surface area contributed by atoms with E-state index >= 15 is 0 Å². The lowest BCUT2D eigenvalue weighted by Crippen LogP contribution is -2.49. The van der Waals surface area contributed by atoms with E-state index in [1.54, 1.807) is 4.90 Å². The molecule has 0 bridgehead atoms. The number of hydrogen-bond donors (Lipinski definition) is 1. The Bertz CT molecular complexity index is 663. The van der Waals surface area contributed by atoms with Crippen LogP contribution in [0.3, 0.4) is 0 Å². The number of para-hydroxylation sites is 1. The molecule has 1 aliphatic heterocycles. The minimum Gasteiger partial charge on any atom is -0.391 e. The van der Waals surface area contributed by atoms with Gasteiger partial charge in [0.15, 0.2) is 0 Å². The molecule has 0 spiro atoms. The number of hydrogen-bond acceptors (Lipinski definition) is 2. The molecule has 3 heteroatoms. The Morgan fingerprint density at radius 1 is 1.14 bits per heavy atom. The summed E-state index contributed by atoms with van der Waals surface area (Å²) < 4.78 is 0. The number of carbonyl (C=O) groups is 1. The smallest absolute Gasteiger partial charge is 0.258 e. The minimum atomic E-state index is -0.533. The minimum absolute atomic E-state index is 0.0614. The Hall–Kier alpha value is -2.13. The van der Waals surface area contributed by atoms with Crippen LogP contribution in [-0.2, 0) is 6.42 Å². The average Bonchev–Trinajstić information content (AvgIpc) is 2.49. The van der Waals surface area contributed by atoms with E-state index in [-0.39, 0.29) is 11.9 Å². The summed E-state index contributed by atoms with van der Waals surface area (Å²) in [6.07, 6.45) is 0.0592. The topological polar surface area (TPSA) is 40.5 Å². The van der Waals surface area contributed by atoms with Gasteiger partial charge < -0.3 is 10.0 Å². The number of aryl methyl sites for hydroxylation is 1. The molecule has 1 aliphatic rings. The van der Waals surface area contributed by atoms with E-state index in [0.717, 1.165) is 16.8 Å². The van der Waals surface area contributed by atoms with Crippen LogP contribution in [0, 0.1) is 6.92 Å². The monoisotopic (exact) mass is 281 g/mol. The molecule has 0 aliphatic carbocycles. The van der Waals surface area contributed by atoms with Crippen molar-refractivity contribution in [2.24, 2.45) is 0 Å². The zero-order valence-electron chi connectivity index (χ0n) is 12.3. The fourth-order valence-electron chi connectivity index (χ4n) is 2.84. The van der Waals surface area contributed by atoms with Crippen molar-refractivity contribution in [1.29, 1.82) is 0 Å². The number of aliphatic hydroxyl groups is 1. The van der Waals surface area contributed by atoms with Gasteiger partial charge in [-0.15, -0.1) is 0 Å². The second kappa shape index (κ2) is 5.34. The lowest BCUT2D eigenvalue weighted by molar-refractivity contribution is 0.0906. The van der Waals surface area contributed by atoms with Gasteiger partial charge in [0.05, 0.1) is 12.1 Å². The van der Waals surface area contributed by atoms with Crippen molar-refractivity contribution in [3.8, 4) is 0 Å². The summed E-state index contributed by atoms with van der Waals surface area (Å²) in [6.45, 7) is 3.89. The third-order valence-corrected chi connectivity index (χ3v) is 4.16. The van der Waals surface area contributed by atoms with E-state index in [1.807, 2.05) is 62.4 Å². The van der Waals surface area contributed by atoms with Gasteiger partial charge in [0, 0.05) is 17.7 Å². The first-order valence-corrected chi connectivity index (χ1v) is 7.24. The quantitative estimate of drug-likeness (QED) is 0.873. The first-order chi connectivity index (χ1) is 10.1. The first-order valence-electron chi connectivity index (χ1n) is 7.24. The lowest BCUT2D eigenvalue weighted by atomic mass is 9.93. The normalized spacial score (nSPS) is 21.0. The molecular weight excluding hydrogens is 262 g/mol. The fourth-order valence-corrected chi connectivity index (χ4v) is 2.84. The average molecular weight is 281 g/mol. The van der Waals surface area contributed by atoms with Gasteiger partial charge >= 0.3 is 0 Å². The van der Waals surface area contributed by atoms with Crippen LogP contribution in [0.5, 0.6) is 0 Å². The van der Waals surface area contributed by atoms with Crippen LogP contribution in [-0.4, -0.2) is 23.2 Å². The van der Waals surface area contributed by atoms with Crippen molar-refractivity contribution in [2.45, 2.75) is 32.4 Å². The molecule has 1 amide bonds. The summed E-state index contributed by atoms with van der Waals surface area (Å²) in [5.74, 6) is -0.0614. The summed E-state index contributed by atoms with van der Waals surface area (Å²) in [4.78, 5) is 14.6. The molecule has 0 radical (unpaired) electrons. The third-order valence-electron chi connectivity index (χ3n) is 4.16. The number of fused-ring (bicyclic) bond motifs is 1. The number of carbonyl (C=O) groups excluding carboxylic acids is 1. The van der Waals surface area contributed by atoms with Gasteiger partial charge in [-0.3, -0.25) is 4.79 Å². The van der Waals surface area contributed by atoms with E-state index < -0.39 is 6.10 Å². The SMILES string of the molecule is Cc1ccc(C(=O)N2c3ccccc3C[C@@H](O)[C@@H]2C)cc1. The Morgan fingerprint density at radius 3 is 2.52 bits per heavy atom. The van der Waals surface area contributed by atoms with E-state index in [9.17, 15) is 9.90 Å². The van der Waals surface area contributed by atoms with E-state index in [4.69, 9.17) is 0 Å². The molecule has 1 heterocycles. The van der Waals surface area contributed by atoms with Gasteiger partial charge in [-0.25, -0.2) is 0 Å². The molecule has 2 atom stereocenters. The molecule has 21 heavy (non-hydrogen) atoms. The fraction of sp³-hybridized carbons (Fsp3) is 0.278. The van der Waals surface area contributed by atoms with Crippen LogP contribution >= 0.6 is 0 Å². The summed E-state index contributed by atoms with van der Waals surface area (Å²) >= 11 is 0. The van der Waals surface area contributed by atoms with Crippen LogP contribution in [0.2, 0.25) is 0 Å². The van der Waals surface area contributed by atoms with Gasteiger partial charge in [-0.1, -0.05) is 35.9 Å². The highest BCUT2D eigenvalue weighted by Gasteiger charge is 2.34. The molecule has 0 saturated heterocycles. The predicted molar refractivity (Wildman–Crippen MR) is 83.6 cm³/mol. The van der Waals surface area contributed by atoms with Crippen LogP contribution in [0.1, 0.15) is 28.4 Å². The molecule has 2 aromatic carbocycles. The second-order valence-corrected chi connectivity index (χ2v) is 5.68. The molecule has 3 nitrogen and oxygen atoms in total. The molecule has 108 valence electrons. The van der Waals surface area contributed by atoms with Crippen LogP contribution in [0.4, 0.5) is 5.69 Å². The van der Waals surface area contributed by atoms with Gasteiger partial charge in [0.2, 0.25) is 0 Å². The summed E-state index contributed by atoms with van der Waals surface area (Å²) in [6, 6.07) is 15.1. The third kappa shape index (κ3) is 2.45. The summed E-state index contributed by atoms with van der Waals surface area (Å²) in [5, 5.41) is 10.2. The van der Waals surface area contributed by atoms with Gasteiger partial charge in [0.25, 0.3) is 5.91 Å². The van der Waals surface area contributed by atoms with Gasteiger partial charge in [-0.05, 0) is 37.6 Å². The molecule has 0 saturated carbocycles. The zero-order chi connectivity index (χ0) is 15.0. The molecule has 0 fully saturated rings. The summed E-state index contributed by atoms with van der Waals surface area (Å²) in [7, 11) is 0. The molecule has 3 rings (SSSR count). The number of benzene rings is 2. The van der Waals surface area contributed by atoms with Crippen molar-refractivity contribution in [1.82, 2.24) is 0 Å². The van der Waals surface area contributed by atoms with Crippen molar-refractivity contribution in [2.75, 3.05) is 4.90 Å². The lowest BCUT2D eigenvalue weighted by Gasteiger charge is -2.38. The first kappa shape index (κ1) is 13.8. The highest BCUT2D eigenvalue weighted by atomic mass is 16.3. The van der Waals surface area contributed by atoms with Crippen LogP contribution in [0.15, 0.2) is 48.5 Å². The largest absolute Gasteiger partial charge is 0.391 e. The predicted octanol–water partition coefficient (Wildman–Crippen LogP) is 2.95. The number of anilines is 1. The highest BCUT2D eigenvalue weighted by Crippen LogP contribution is 2.32. The van der Waals surface area contributed by atoms with Crippen molar-refractivity contribution < 1.29 is 9.90 Å². The van der Waals surface area contributed by atoms with E-state index in [1.165, 1.54) is 0 Å². The molecule has 0 aromatic heterocycles. The standard InChI is InChI=1S/C18H19NO2/c1-12-7-9-14(10-8-12)18(21)19-13(2)17(20)11-15-5-3-4-6-16(15)19/h3-10,13,17,20H,11H2,1-2H3/t13-,17+/m0/s1. The van der Waals surface area contributed by atoms with Crippen LogP contribution < -0.4 is 4.90 Å². The van der Waals surface area contributed by atoms with Crippen molar-refractivity contribution >= 4 is 11.6 Å². The van der Waals surface area contributed by atoms with Gasteiger partial charge in [0.1, 0.15) is 0 Å². The van der Waals surface area contributed by atoms with Crippen molar-refractivity contribution in [3.05, 3.63) is 65.2 Å². The number of nitrogens with zero attached hydrogens (tertiary/aromatic N) is 1. The molecule has 2 aromatic rings. The Kier molecular flexibility index (Phi) is 3.52.